The summed E-state index contributed by atoms with van der Waals surface area (Å²) in [6, 6.07) is 17.0. The van der Waals surface area contributed by atoms with Crippen molar-refractivity contribution in [2.45, 2.75) is 38.4 Å². The number of likely N-dealkylation sites (tertiary alicyclic amines) is 1. The van der Waals surface area contributed by atoms with Crippen LogP contribution in [0.4, 0.5) is 4.48 Å². The summed E-state index contributed by atoms with van der Waals surface area (Å²) in [5, 5.41) is 12.3. The summed E-state index contributed by atoms with van der Waals surface area (Å²) in [5.41, 5.74) is 10.6. The molecule has 262 valence electrons. The number of carbonyl (C=O) groups is 2. The van der Waals surface area contributed by atoms with Crippen LogP contribution in [0.25, 0.3) is 0 Å². The molecule has 1 saturated heterocycles. The van der Waals surface area contributed by atoms with E-state index in [-0.39, 0.29) is 30.0 Å². The SMILES string of the molecule is CC1(C)Cc2[nH]nc(C(=O)N/C(C=NC(c3ccccc3)C3CN(CCOCCOc4cccc(C(=O)c5cscn5)c4)C3)=C/N)c2CN1F. The van der Waals surface area contributed by atoms with Gasteiger partial charge in [-0.25, -0.2) is 4.98 Å². The summed E-state index contributed by atoms with van der Waals surface area (Å²) in [7, 11) is 0. The van der Waals surface area contributed by atoms with E-state index in [0.29, 0.717) is 54.5 Å². The summed E-state index contributed by atoms with van der Waals surface area (Å²) in [6.45, 7) is 7.35. The maximum Gasteiger partial charge on any atom is 0.276 e. The second kappa shape index (κ2) is 15.9. The third-order valence-corrected chi connectivity index (χ3v) is 9.51. The fraction of sp³-hybridized carbons (Fsp3) is 0.361. The van der Waals surface area contributed by atoms with Crippen LogP contribution >= 0.6 is 11.3 Å². The van der Waals surface area contributed by atoms with Crippen LogP contribution in [-0.2, 0) is 17.7 Å². The van der Waals surface area contributed by atoms with E-state index >= 15 is 0 Å². The number of rotatable bonds is 15. The van der Waals surface area contributed by atoms with Crippen LogP contribution < -0.4 is 15.8 Å². The Kier molecular flexibility index (Phi) is 11.1. The van der Waals surface area contributed by atoms with Gasteiger partial charge in [0.2, 0.25) is 5.78 Å². The number of aliphatic imine (C=N–C) groups is 1. The number of allylic oxidation sites excluding steroid dienone is 1. The predicted molar refractivity (Wildman–Crippen MR) is 189 cm³/mol. The number of nitrogens with two attached hydrogens (primary N) is 1. The van der Waals surface area contributed by atoms with E-state index < -0.39 is 11.4 Å². The van der Waals surface area contributed by atoms with Crippen LogP contribution in [0, 0.1) is 5.92 Å². The molecule has 4 aromatic rings. The normalized spacial score (nSPS) is 17.3. The first-order chi connectivity index (χ1) is 24.2. The fourth-order valence-corrected chi connectivity index (χ4v) is 6.61. The molecular formula is C36H41FN8O4S. The number of aromatic nitrogens is 3. The standard InChI is InChI=1S/C36H41FN8O4S/c1-36(2)16-30-29(21-45(36)37)33(43-42-30)35(47)41-27(17-38)18-39-32(24-7-4-3-5-8-24)26-19-44(20-26)11-12-48-13-14-49-28-10-6-9-25(15-28)34(46)31-22-50-23-40-31/h3-10,15,17-18,22-23,26,32H,11-14,16,19-21,38H2,1-2H3,(H,41,47)(H,42,43)/b27-17+,39-18?. The molecule has 0 saturated carbocycles. The lowest BCUT2D eigenvalue weighted by molar-refractivity contribution is -0.0849. The highest BCUT2D eigenvalue weighted by molar-refractivity contribution is 7.07. The summed E-state index contributed by atoms with van der Waals surface area (Å²) in [4.78, 5) is 37.0. The fourth-order valence-electron chi connectivity index (χ4n) is 6.08. The molecule has 6 rings (SSSR count). The summed E-state index contributed by atoms with van der Waals surface area (Å²) >= 11 is 1.38. The molecule has 0 bridgehead atoms. The number of H-pyrrole nitrogens is 1. The predicted octanol–water partition coefficient (Wildman–Crippen LogP) is 4.49. The van der Waals surface area contributed by atoms with Crippen LogP contribution in [0.5, 0.6) is 5.75 Å². The Labute approximate surface area is 294 Å². The number of ether oxygens (including phenoxy) is 2. The Morgan fingerprint density at radius 2 is 2.00 bits per heavy atom. The summed E-state index contributed by atoms with van der Waals surface area (Å²) in [5.74, 6) is 0.250. The van der Waals surface area contributed by atoms with E-state index in [1.165, 1.54) is 17.5 Å². The van der Waals surface area contributed by atoms with E-state index in [2.05, 4.69) is 25.4 Å². The van der Waals surface area contributed by atoms with Crippen LogP contribution in [0.3, 0.4) is 0 Å². The molecule has 12 nitrogen and oxygen atoms in total. The number of nitrogens with one attached hydrogen (secondary N) is 2. The molecule has 1 amide bonds. The molecule has 1 unspecified atom stereocenters. The molecule has 0 spiro atoms. The summed E-state index contributed by atoms with van der Waals surface area (Å²) < 4.78 is 26.3. The Morgan fingerprint density at radius 1 is 1.18 bits per heavy atom. The van der Waals surface area contributed by atoms with Crippen molar-refractivity contribution in [3.05, 3.63) is 111 Å². The quantitative estimate of drug-likeness (QED) is 0.0706. The van der Waals surface area contributed by atoms with Gasteiger partial charge in [-0.05, 0) is 31.5 Å². The molecule has 2 aliphatic heterocycles. The molecule has 2 aromatic carbocycles. The van der Waals surface area contributed by atoms with Crippen molar-refractivity contribution < 1.29 is 23.5 Å². The molecule has 2 aromatic heterocycles. The second-order valence-corrected chi connectivity index (χ2v) is 13.7. The lowest BCUT2D eigenvalue weighted by atomic mass is 9.87. The van der Waals surface area contributed by atoms with E-state index in [0.717, 1.165) is 36.0 Å². The number of aromatic amines is 1. The molecule has 0 radical (unpaired) electrons. The Hall–Kier alpha value is -4.76. The average molecular weight is 701 g/mol. The van der Waals surface area contributed by atoms with Crippen LogP contribution in [0.15, 0.2) is 82.4 Å². The van der Waals surface area contributed by atoms with Crippen molar-refractivity contribution >= 4 is 29.2 Å². The topological polar surface area (TPSA) is 151 Å². The van der Waals surface area contributed by atoms with Crippen molar-refractivity contribution in [1.82, 2.24) is 30.5 Å². The van der Waals surface area contributed by atoms with Gasteiger partial charge in [-0.2, -0.15) is 5.10 Å². The Balaban J connectivity index is 0.963. The van der Waals surface area contributed by atoms with Gasteiger partial charge in [0.05, 0.1) is 42.5 Å². The van der Waals surface area contributed by atoms with Crippen molar-refractivity contribution in [1.29, 1.82) is 0 Å². The number of amides is 1. The monoisotopic (exact) mass is 700 g/mol. The van der Waals surface area contributed by atoms with E-state index in [1.54, 1.807) is 49.2 Å². The molecule has 0 aliphatic carbocycles. The minimum atomic E-state index is -0.686. The van der Waals surface area contributed by atoms with Gasteiger partial charge in [0.1, 0.15) is 18.1 Å². The first-order valence-electron chi connectivity index (χ1n) is 16.5. The zero-order valence-electron chi connectivity index (χ0n) is 28.0. The number of nitrogens with zero attached hydrogens (tertiary/aromatic N) is 5. The molecule has 14 heteroatoms. The first kappa shape index (κ1) is 35.1. The highest BCUT2D eigenvalue weighted by Gasteiger charge is 2.37. The smallest absolute Gasteiger partial charge is 0.276 e. The first-order valence-corrected chi connectivity index (χ1v) is 17.4. The average Bonchev–Trinajstić information content (AvgIpc) is 3.78. The minimum Gasteiger partial charge on any atom is -0.491 e. The van der Waals surface area contributed by atoms with Crippen LogP contribution in [0.1, 0.15) is 63.3 Å². The second-order valence-electron chi connectivity index (χ2n) is 13.0. The van der Waals surface area contributed by atoms with E-state index in [4.69, 9.17) is 20.2 Å². The minimum absolute atomic E-state index is 0.0309. The molecule has 50 heavy (non-hydrogen) atoms. The molecule has 4 N–H and O–H groups in total. The Bertz CT molecular complexity index is 1820. The van der Waals surface area contributed by atoms with Gasteiger partial charge in [-0.15, -0.1) is 20.9 Å². The van der Waals surface area contributed by atoms with Crippen LogP contribution in [-0.4, -0.2) is 88.1 Å². The van der Waals surface area contributed by atoms with Gasteiger partial charge in [0.15, 0.2) is 5.69 Å². The number of thiazole rings is 1. The van der Waals surface area contributed by atoms with Gasteiger partial charge in [0, 0.05) is 66.6 Å². The third-order valence-electron chi connectivity index (χ3n) is 8.93. The maximum atomic E-state index is 14.6. The zero-order chi connectivity index (χ0) is 35.1. The van der Waals surface area contributed by atoms with Gasteiger partial charge in [-0.3, -0.25) is 19.7 Å². The molecule has 2 aliphatic rings. The largest absolute Gasteiger partial charge is 0.491 e. The van der Waals surface area contributed by atoms with Gasteiger partial charge < -0.3 is 25.4 Å². The van der Waals surface area contributed by atoms with Gasteiger partial charge in [-0.1, -0.05) is 42.5 Å². The molecular weight excluding hydrogens is 660 g/mol. The number of hydrogen-bond acceptors (Lipinski definition) is 11. The maximum absolute atomic E-state index is 14.6. The number of halogens is 1. The van der Waals surface area contributed by atoms with E-state index in [1.807, 2.05) is 36.4 Å². The van der Waals surface area contributed by atoms with Gasteiger partial charge >= 0.3 is 0 Å². The van der Waals surface area contributed by atoms with Crippen molar-refractivity contribution in [3.63, 3.8) is 0 Å². The number of carbonyl (C=O) groups excluding carboxylic acids is 2. The number of hydrogen-bond donors (Lipinski definition) is 3. The highest BCUT2D eigenvalue weighted by atomic mass is 32.1. The lowest BCUT2D eigenvalue weighted by Gasteiger charge is -2.42. The van der Waals surface area contributed by atoms with Gasteiger partial charge in [0.25, 0.3) is 5.91 Å². The van der Waals surface area contributed by atoms with Crippen LogP contribution in [0.2, 0.25) is 0 Å². The van der Waals surface area contributed by atoms with Crippen molar-refractivity contribution in [2.75, 3.05) is 39.5 Å². The van der Waals surface area contributed by atoms with E-state index in [9.17, 15) is 14.1 Å². The zero-order valence-corrected chi connectivity index (χ0v) is 28.9. The molecule has 1 fully saturated rings. The number of benzene rings is 2. The molecule has 4 heterocycles. The lowest BCUT2D eigenvalue weighted by Crippen LogP contribution is -2.50. The third kappa shape index (κ3) is 8.33. The Morgan fingerprint density at radius 3 is 2.76 bits per heavy atom. The number of fused-ring (bicyclic) bond motifs is 1. The van der Waals surface area contributed by atoms with Crippen molar-refractivity contribution in [2.24, 2.45) is 16.6 Å². The highest BCUT2D eigenvalue weighted by Crippen LogP contribution is 2.34. The van der Waals surface area contributed by atoms with Crippen molar-refractivity contribution in [3.8, 4) is 5.75 Å². The number of ketones is 1. The molecule has 1 atom stereocenters. The summed E-state index contributed by atoms with van der Waals surface area (Å²) in [6.07, 6.45) is 3.28.